The molecule has 0 radical (unpaired) electrons. The summed E-state index contributed by atoms with van der Waals surface area (Å²) in [5.41, 5.74) is 1.19. The Morgan fingerprint density at radius 3 is 2.69 bits per heavy atom. The molecule has 72 valence electrons. The van der Waals surface area contributed by atoms with E-state index in [1.54, 1.807) is 0 Å². The van der Waals surface area contributed by atoms with Crippen molar-refractivity contribution < 1.29 is 4.79 Å². The van der Waals surface area contributed by atoms with Gasteiger partial charge in [-0.3, -0.25) is 0 Å². The van der Waals surface area contributed by atoms with Crippen molar-refractivity contribution in [2.45, 2.75) is 26.7 Å². The fourth-order valence-corrected chi connectivity index (χ4v) is 0.800. The monoisotopic (exact) mass is 178 g/mol. The highest BCUT2D eigenvalue weighted by molar-refractivity contribution is 5.52. The zero-order valence-electron chi connectivity index (χ0n) is 8.49. The lowest BCUT2D eigenvalue weighted by molar-refractivity contribution is -0.110. The lowest BCUT2D eigenvalue weighted by Gasteiger charge is -1.94. The Morgan fingerprint density at radius 1 is 1.46 bits per heavy atom. The second-order valence-electron chi connectivity index (χ2n) is 3.21. The molecule has 1 heteroatoms. The predicted molar refractivity (Wildman–Crippen MR) is 57.6 cm³/mol. The average Bonchev–Trinajstić information content (AvgIpc) is 2.16. The molecular weight excluding hydrogens is 160 g/mol. The lowest BCUT2D eigenvalue weighted by Crippen LogP contribution is -1.91. The minimum absolute atomic E-state index is 0.140. The van der Waals surface area contributed by atoms with Gasteiger partial charge in [-0.25, -0.2) is 0 Å². The topological polar surface area (TPSA) is 17.1 Å². The Bertz CT molecular complexity index is 211. The highest BCUT2D eigenvalue weighted by atomic mass is 16.1. The molecule has 0 aliphatic heterocycles. The fraction of sp³-hybridized carbons (Fsp3) is 0.417. The van der Waals surface area contributed by atoms with E-state index in [0.29, 0.717) is 0 Å². The van der Waals surface area contributed by atoms with Crippen molar-refractivity contribution in [3.8, 4) is 0 Å². The second-order valence-corrected chi connectivity index (χ2v) is 3.21. The molecule has 0 rings (SSSR count). The summed E-state index contributed by atoms with van der Waals surface area (Å²) in [4.78, 5) is 10.3. The summed E-state index contributed by atoms with van der Waals surface area (Å²) in [6.45, 7) is 7.60. The van der Waals surface area contributed by atoms with Crippen molar-refractivity contribution >= 4 is 6.29 Å². The molecule has 1 unspecified atom stereocenters. The summed E-state index contributed by atoms with van der Waals surface area (Å²) >= 11 is 0. The maximum atomic E-state index is 10.3. The Hall–Kier alpha value is -1.11. The van der Waals surface area contributed by atoms with E-state index >= 15 is 0 Å². The summed E-state index contributed by atoms with van der Waals surface area (Å²) in [5, 5.41) is 0. The largest absolute Gasteiger partial charge is 0.303 e. The summed E-state index contributed by atoms with van der Waals surface area (Å²) in [6, 6.07) is 0. The van der Waals surface area contributed by atoms with Crippen molar-refractivity contribution in [2.24, 2.45) is 5.92 Å². The molecule has 0 aromatic carbocycles. The molecule has 0 aromatic rings. The Morgan fingerprint density at radius 2 is 2.15 bits per heavy atom. The van der Waals surface area contributed by atoms with Gasteiger partial charge in [0.05, 0.1) is 0 Å². The van der Waals surface area contributed by atoms with Gasteiger partial charge in [0, 0.05) is 5.92 Å². The number of hydrogen-bond donors (Lipinski definition) is 0. The van der Waals surface area contributed by atoms with Crippen LogP contribution in [-0.2, 0) is 4.79 Å². The van der Waals surface area contributed by atoms with E-state index in [1.807, 2.05) is 26.0 Å². The molecule has 0 aliphatic rings. The number of carbonyl (C=O) groups is 1. The molecule has 1 nitrogen and oxygen atoms in total. The minimum Gasteiger partial charge on any atom is -0.303 e. The maximum absolute atomic E-state index is 10.3. The van der Waals surface area contributed by atoms with E-state index in [2.05, 4.69) is 18.7 Å². The van der Waals surface area contributed by atoms with E-state index in [1.165, 1.54) is 5.57 Å². The highest BCUT2D eigenvalue weighted by Crippen LogP contribution is 2.01. The number of carbonyl (C=O) groups excluding carboxylic acids is 1. The molecule has 0 saturated heterocycles. The standard InChI is InChI=1S/C12H18O/c1-4-11(2)8-6-5-7-9-12(3)10-13/h4-5,7-8,10,12H,1,6,9H2,2-3H3. The highest BCUT2D eigenvalue weighted by Gasteiger charge is 1.92. The van der Waals surface area contributed by atoms with Crippen LogP contribution >= 0.6 is 0 Å². The first kappa shape index (κ1) is 11.9. The van der Waals surface area contributed by atoms with Crippen LogP contribution in [0.1, 0.15) is 26.7 Å². The maximum Gasteiger partial charge on any atom is 0.123 e. The summed E-state index contributed by atoms with van der Waals surface area (Å²) in [6.07, 6.45) is 10.8. The molecule has 0 fully saturated rings. The SMILES string of the molecule is C=CC(C)=CCC=CCC(C)C=O. The molecule has 0 saturated carbocycles. The molecule has 0 bridgehead atoms. The van der Waals surface area contributed by atoms with Crippen LogP contribution in [0.2, 0.25) is 0 Å². The summed E-state index contributed by atoms with van der Waals surface area (Å²) < 4.78 is 0. The first-order chi connectivity index (χ1) is 6.20. The van der Waals surface area contributed by atoms with Crippen molar-refractivity contribution in [2.75, 3.05) is 0 Å². The first-order valence-corrected chi connectivity index (χ1v) is 4.60. The number of rotatable bonds is 6. The van der Waals surface area contributed by atoms with E-state index in [4.69, 9.17) is 0 Å². The number of hydrogen-bond acceptors (Lipinski definition) is 1. The zero-order valence-corrected chi connectivity index (χ0v) is 8.49. The normalized spacial score (nSPS) is 14.5. The van der Waals surface area contributed by atoms with Crippen LogP contribution in [0, 0.1) is 5.92 Å². The van der Waals surface area contributed by atoms with Gasteiger partial charge in [0.15, 0.2) is 0 Å². The molecule has 0 heterocycles. The second kappa shape index (κ2) is 7.53. The summed E-state index contributed by atoms with van der Waals surface area (Å²) in [5.74, 6) is 0.140. The van der Waals surface area contributed by atoms with Gasteiger partial charge in [0.2, 0.25) is 0 Å². The molecule has 0 amide bonds. The van der Waals surface area contributed by atoms with Gasteiger partial charge >= 0.3 is 0 Å². The van der Waals surface area contributed by atoms with Gasteiger partial charge in [-0.15, -0.1) is 0 Å². The quantitative estimate of drug-likeness (QED) is 0.346. The fourth-order valence-electron chi connectivity index (χ4n) is 0.800. The van der Waals surface area contributed by atoms with Gasteiger partial charge < -0.3 is 4.79 Å². The van der Waals surface area contributed by atoms with Crippen molar-refractivity contribution in [1.29, 1.82) is 0 Å². The molecular formula is C12H18O. The third-order valence-corrected chi connectivity index (χ3v) is 1.80. The van der Waals surface area contributed by atoms with Crippen LogP contribution in [0.5, 0.6) is 0 Å². The predicted octanol–water partition coefficient (Wildman–Crippen LogP) is 3.29. The number of allylic oxidation sites excluding steroid dienone is 5. The lowest BCUT2D eigenvalue weighted by atomic mass is 10.1. The Balaban J connectivity index is 3.64. The molecule has 13 heavy (non-hydrogen) atoms. The van der Waals surface area contributed by atoms with Crippen LogP contribution in [-0.4, -0.2) is 6.29 Å². The molecule has 0 spiro atoms. The molecule has 0 N–H and O–H groups in total. The van der Waals surface area contributed by atoms with Crippen molar-refractivity contribution in [1.82, 2.24) is 0 Å². The van der Waals surface area contributed by atoms with E-state index in [9.17, 15) is 4.79 Å². The zero-order chi connectivity index (χ0) is 10.1. The Kier molecular flexibility index (Phi) is 6.89. The third-order valence-electron chi connectivity index (χ3n) is 1.80. The minimum atomic E-state index is 0.140. The Labute approximate surface area is 80.8 Å². The van der Waals surface area contributed by atoms with Gasteiger partial charge in [-0.2, -0.15) is 0 Å². The van der Waals surface area contributed by atoms with Crippen LogP contribution in [0.25, 0.3) is 0 Å². The first-order valence-electron chi connectivity index (χ1n) is 4.60. The van der Waals surface area contributed by atoms with Crippen molar-refractivity contribution in [3.63, 3.8) is 0 Å². The van der Waals surface area contributed by atoms with Crippen LogP contribution in [0.4, 0.5) is 0 Å². The van der Waals surface area contributed by atoms with Crippen LogP contribution in [0.15, 0.2) is 36.5 Å². The molecule has 0 aliphatic carbocycles. The van der Waals surface area contributed by atoms with Gasteiger partial charge in [0.1, 0.15) is 6.29 Å². The van der Waals surface area contributed by atoms with Gasteiger partial charge in [-0.1, -0.05) is 43.4 Å². The van der Waals surface area contributed by atoms with Gasteiger partial charge in [0.25, 0.3) is 0 Å². The van der Waals surface area contributed by atoms with Crippen molar-refractivity contribution in [3.05, 3.63) is 36.5 Å². The smallest absolute Gasteiger partial charge is 0.123 e. The van der Waals surface area contributed by atoms with Crippen LogP contribution in [0.3, 0.4) is 0 Å². The summed E-state index contributed by atoms with van der Waals surface area (Å²) in [7, 11) is 0. The third kappa shape index (κ3) is 7.26. The van der Waals surface area contributed by atoms with E-state index in [0.717, 1.165) is 19.1 Å². The van der Waals surface area contributed by atoms with Crippen LogP contribution < -0.4 is 0 Å². The number of aldehydes is 1. The molecule has 0 aromatic heterocycles. The van der Waals surface area contributed by atoms with Gasteiger partial charge in [-0.05, 0) is 19.8 Å². The average molecular weight is 178 g/mol. The molecule has 1 atom stereocenters. The van der Waals surface area contributed by atoms with E-state index < -0.39 is 0 Å². The van der Waals surface area contributed by atoms with E-state index in [-0.39, 0.29) is 5.92 Å².